The second-order valence-electron chi connectivity index (χ2n) is 10.2. The van der Waals surface area contributed by atoms with Gasteiger partial charge in [0, 0.05) is 17.3 Å². The Bertz CT molecular complexity index is 956. The molecule has 30 heavy (non-hydrogen) atoms. The molecule has 4 aliphatic carbocycles. The Hall–Kier alpha value is -1.98. The first-order valence-corrected chi connectivity index (χ1v) is 11.1. The van der Waals surface area contributed by atoms with Gasteiger partial charge in [-0.15, -0.1) is 0 Å². The smallest absolute Gasteiger partial charge is 0.190 e. The summed E-state index contributed by atoms with van der Waals surface area (Å²) >= 11 is 0. The number of hydrogen-bond donors (Lipinski definition) is 2. The molecule has 2 fully saturated rings. The Balaban J connectivity index is 1.61. The highest BCUT2D eigenvalue weighted by molar-refractivity contribution is 5.92. The van der Waals surface area contributed by atoms with Gasteiger partial charge < -0.3 is 14.6 Å². The summed E-state index contributed by atoms with van der Waals surface area (Å²) < 4.78 is 5.65. The zero-order valence-electron chi connectivity index (χ0n) is 17.7. The molecule has 1 heterocycles. The first-order valence-electron chi connectivity index (χ1n) is 11.1. The van der Waals surface area contributed by atoms with Crippen molar-refractivity contribution >= 4 is 11.6 Å². The molecule has 1 aromatic heterocycles. The number of allylic oxidation sites excluding steroid dienone is 4. The van der Waals surface area contributed by atoms with E-state index in [4.69, 9.17) is 4.42 Å². The number of ketones is 2. The molecule has 5 heteroatoms. The number of Topliss-reactive ketones (excluding diaryl/α,β-unsaturated/α-hetero) is 1. The number of fused-ring (bicyclic) bond motifs is 5. The molecule has 160 valence electrons. The summed E-state index contributed by atoms with van der Waals surface area (Å²) in [6.45, 7) is 3.60. The minimum absolute atomic E-state index is 0.0972. The van der Waals surface area contributed by atoms with Crippen molar-refractivity contribution in [2.45, 2.75) is 63.9 Å². The maximum absolute atomic E-state index is 13.0. The van der Waals surface area contributed by atoms with Gasteiger partial charge in [-0.05, 0) is 62.1 Å². The maximum Gasteiger partial charge on any atom is 0.190 e. The van der Waals surface area contributed by atoms with Crippen LogP contribution >= 0.6 is 0 Å². The highest BCUT2D eigenvalue weighted by atomic mass is 16.3. The van der Waals surface area contributed by atoms with Gasteiger partial charge in [0.05, 0.1) is 12.2 Å². The van der Waals surface area contributed by atoms with Gasteiger partial charge in [0.15, 0.2) is 11.6 Å². The minimum atomic E-state index is -1.66. The quantitative estimate of drug-likeness (QED) is 0.742. The lowest BCUT2D eigenvalue weighted by Crippen LogP contribution is -2.57. The minimum Gasteiger partial charge on any atom is -0.469 e. The number of aliphatic hydroxyl groups excluding tert-OH is 1. The van der Waals surface area contributed by atoms with E-state index in [-0.39, 0.29) is 23.0 Å². The zero-order valence-corrected chi connectivity index (χ0v) is 17.7. The van der Waals surface area contributed by atoms with Crippen molar-refractivity contribution < 1.29 is 24.2 Å². The maximum atomic E-state index is 13.0. The SMILES string of the molecule is C[C@]12CCC(=O)C=C1CCC1C2=CC[C@@]2(C)C1C[C@H](c1ccco1)[C@]2(O)C(=O)CO. The normalized spacial score (nSPS) is 42.7. The molecule has 0 radical (unpaired) electrons. The largest absolute Gasteiger partial charge is 0.469 e. The first-order chi connectivity index (χ1) is 14.3. The van der Waals surface area contributed by atoms with Crippen molar-refractivity contribution in [2.24, 2.45) is 22.7 Å². The van der Waals surface area contributed by atoms with Crippen molar-refractivity contribution in [1.29, 1.82) is 0 Å². The summed E-state index contributed by atoms with van der Waals surface area (Å²) in [7, 11) is 0. The van der Waals surface area contributed by atoms with Crippen LogP contribution in [0.4, 0.5) is 0 Å². The van der Waals surface area contributed by atoms with E-state index in [1.54, 1.807) is 12.3 Å². The number of carbonyl (C=O) groups is 2. The second kappa shape index (κ2) is 6.51. The highest BCUT2D eigenvalue weighted by Gasteiger charge is 2.69. The van der Waals surface area contributed by atoms with Crippen LogP contribution in [0.5, 0.6) is 0 Å². The molecule has 2 saturated carbocycles. The van der Waals surface area contributed by atoms with E-state index in [1.165, 1.54) is 11.1 Å². The Kier molecular flexibility index (Phi) is 4.33. The third kappa shape index (κ3) is 2.36. The molecule has 4 aliphatic rings. The number of hydrogen-bond acceptors (Lipinski definition) is 5. The van der Waals surface area contributed by atoms with Crippen LogP contribution in [0.15, 0.2) is 46.1 Å². The first kappa shape index (κ1) is 20.0. The molecular weight excluding hydrogens is 380 g/mol. The van der Waals surface area contributed by atoms with Gasteiger partial charge in [-0.25, -0.2) is 0 Å². The molecule has 5 rings (SSSR count). The van der Waals surface area contributed by atoms with E-state index in [1.807, 2.05) is 19.1 Å². The average molecular weight is 411 g/mol. The van der Waals surface area contributed by atoms with Gasteiger partial charge in [-0.2, -0.15) is 0 Å². The topological polar surface area (TPSA) is 87.7 Å². The molecule has 0 saturated heterocycles. The van der Waals surface area contributed by atoms with Crippen molar-refractivity contribution in [3.05, 3.63) is 47.5 Å². The van der Waals surface area contributed by atoms with Crippen molar-refractivity contribution in [2.75, 3.05) is 6.61 Å². The summed E-state index contributed by atoms with van der Waals surface area (Å²) in [5.74, 6) is 0.233. The van der Waals surface area contributed by atoms with Crippen LogP contribution in [-0.2, 0) is 9.59 Å². The van der Waals surface area contributed by atoms with Crippen LogP contribution in [0.3, 0.4) is 0 Å². The lowest BCUT2D eigenvalue weighted by Gasteiger charge is -2.54. The third-order valence-corrected chi connectivity index (χ3v) is 9.05. The Morgan fingerprint density at radius 2 is 2.10 bits per heavy atom. The molecule has 1 aromatic rings. The molecule has 0 bridgehead atoms. The summed E-state index contributed by atoms with van der Waals surface area (Å²) in [5, 5.41) is 21.7. The van der Waals surface area contributed by atoms with Gasteiger partial charge in [0.25, 0.3) is 0 Å². The van der Waals surface area contributed by atoms with E-state index < -0.39 is 29.3 Å². The number of carbonyl (C=O) groups excluding carboxylic acids is 2. The molecule has 0 aliphatic heterocycles. The van der Waals surface area contributed by atoms with Crippen molar-refractivity contribution in [3.8, 4) is 0 Å². The molecule has 0 amide bonds. The molecule has 2 N–H and O–H groups in total. The standard InChI is InChI=1S/C25H30O5/c1-23-9-7-16(27)12-15(23)5-6-17-18(23)8-10-24(2)19(17)13-20(21-4-3-11-30-21)25(24,29)22(28)14-26/h3-4,8,11-12,17,19-20,26,29H,5-7,9-10,13-14H2,1-2H3/t17?,19?,20-,23+,24+,25+/m1/s1. The van der Waals surface area contributed by atoms with Crippen LogP contribution in [0.2, 0.25) is 0 Å². The second-order valence-corrected chi connectivity index (χ2v) is 10.2. The predicted molar refractivity (Wildman–Crippen MR) is 111 cm³/mol. The van der Waals surface area contributed by atoms with E-state index in [9.17, 15) is 19.8 Å². The van der Waals surface area contributed by atoms with E-state index in [0.717, 1.165) is 19.3 Å². The Labute approximate surface area is 176 Å². The van der Waals surface area contributed by atoms with Crippen LogP contribution in [-0.4, -0.2) is 34.0 Å². The monoisotopic (exact) mass is 410 g/mol. The van der Waals surface area contributed by atoms with Gasteiger partial charge in [0.1, 0.15) is 18.0 Å². The molecule has 6 atom stereocenters. The lowest BCUT2D eigenvalue weighted by molar-refractivity contribution is -0.158. The summed E-state index contributed by atoms with van der Waals surface area (Å²) in [4.78, 5) is 25.0. The van der Waals surface area contributed by atoms with Crippen molar-refractivity contribution in [1.82, 2.24) is 0 Å². The van der Waals surface area contributed by atoms with Crippen molar-refractivity contribution in [3.63, 3.8) is 0 Å². The molecule has 2 unspecified atom stereocenters. The molecule has 5 nitrogen and oxygen atoms in total. The van der Waals surface area contributed by atoms with Crippen LogP contribution in [0.25, 0.3) is 0 Å². The Morgan fingerprint density at radius 1 is 1.30 bits per heavy atom. The zero-order chi connectivity index (χ0) is 21.3. The average Bonchev–Trinajstić information content (AvgIpc) is 3.33. The van der Waals surface area contributed by atoms with Gasteiger partial charge in [0.2, 0.25) is 0 Å². The fourth-order valence-electron chi connectivity index (χ4n) is 7.36. The summed E-state index contributed by atoms with van der Waals surface area (Å²) in [6.07, 6.45) is 10.1. The number of aliphatic hydroxyl groups is 2. The fourth-order valence-corrected chi connectivity index (χ4v) is 7.36. The van der Waals surface area contributed by atoms with E-state index in [0.29, 0.717) is 25.0 Å². The molecule has 0 aromatic carbocycles. The van der Waals surface area contributed by atoms with Crippen LogP contribution < -0.4 is 0 Å². The highest BCUT2D eigenvalue weighted by Crippen LogP contribution is 2.68. The summed E-state index contributed by atoms with van der Waals surface area (Å²) in [6, 6.07) is 3.61. The lowest BCUT2D eigenvalue weighted by atomic mass is 9.50. The van der Waals surface area contributed by atoms with Gasteiger partial charge in [-0.1, -0.05) is 31.1 Å². The number of furan rings is 1. The fraction of sp³-hybridized carbons (Fsp3) is 0.600. The van der Waals surface area contributed by atoms with Gasteiger partial charge >= 0.3 is 0 Å². The van der Waals surface area contributed by atoms with E-state index >= 15 is 0 Å². The predicted octanol–water partition coefficient (Wildman–Crippen LogP) is 3.72. The molecular formula is C25H30O5. The summed E-state index contributed by atoms with van der Waals surface area (Å²) in [5.41, 5.74) is 0.202. The number of rotatable bonds is 3. The van der Waals surface area contributed by atoms with Crippen LogP contribution in [0.1, 0.15) is 64.1 Å². The third-order valence-electron chi connectivity index (χ3n) is 9.05. The van der Waals surface area contributed by atoms with Gasteiger partial charge in [-0.3, -0.25) is 9.59 Å². The molecule has 0 spiro atoms. The van der Waals surface area contributed by atoms with Crippen LogP contribution in [0, 0.1) is 22.7 Å². The Morgan fingerprint density at radius 3 is 2.80 bits per heavy atom. The van der Waals surface area contributed by atoms with E-state index in [2.05, 4.69) is 13.0 Å².